The van der Waals surface area contributed by atoms with E-state index in [0.29, 0.717) is 12.2 Å². The number of ether oxygens (including phenoxy) is 2. The summed E-state index contributed by atoms with van der Waals surface area (Å²) in [6, 6.07) is 6.30. The van der Waals surface area contributed by atoms with E-state index in [9.17, 15) is 5.11 Å². The second-order valence-electron chi connectivity index (χ2n) is 6.53. The summed E-state index contributed by atoms with van der Waals surface area (Å²) in [7, 11) is 1.67. The molecule has 21 heavy (non-hydrogen) atoms. The number of aryl methyl sites for hydroxylation is 1. The highest BCUT2D eigenvalue weighted by atomic mass is 16.5. The van der Waals surface area contributed by atoms with Crippen molar-refractivity contribution in [2.45, 2.75) is 50.0 Å². The number of morpholine rings is 1. The zero-order chi connectivity index (χ0) is 14.4. The van der Waals surface area contributed by atoms with Crippen LogP contribution in [0.2, 0.25) is 0 Å². The third kappa shape index (κ3) is 2.35. The molecule has 2 fully saturated rings. The summed E-state index contributed by atoms with van der Waals surface area (Å²) >= 11 is 0. The Balaban J connectivity index is 1.57. The molecule has 2 aliphatic heterocycles. The Labute approximate surface area is 125 Å². The summed E-state index contributed by atoms with van der Waals surface area (Å²) in [4.78, 5) is 2.46. The SMILES string of the molecule is COc1ccc2c(c1)C(O)C(N1CC3CCC(C1)O3)CC2. The average molecular weight is 289 g/mol. The fourth-order valence-corrected chi connectivity index (χ4v) is 4.17. The lowest BCUT2D eigenvalue weighted by Crippen LogP contribution is -2.51. The van der Waals surface area contributed by atoms with Crippen LogP contribution in [-0.2, 0) is 11.2 Å². The van der Waals surface area contributed by atoms with Crippen molar-refractivity contribution >= 4 is 0 Å². The number of rotatable bonds is 2. The van der Waals surface area contributed by atoms with E-state index in [0.717, 1.165) is 37.2 Å². The number of fused-ring (bicyclic) bond motifs is 3. The molecule has 0 aromatic heterocycles. The van der Waals surface area contributed by atoms with Crippen LogP contribution < -0.4 is 4.74 Å². The third-order valence-corrected chi connectivity index (χ3v) is 5.29. The molecule has 2 saturated heterocycles. The van der Waals surface area contributed by atoms with Gasteiger partial charge in [0.2, 0.25) is 0 Å². The Morgan fingerprint density at radius 1 is 1.19 bits per heavy atom. The molecule has 4 nitrogen and oxygen atoms in total. The van der Waals surface area contributed by atoms with E-state index in [1.807, 2.05) is 12.1 Å². The van der Waals surface area contributed by atoms with Crippen LogP contribution in [-0.4, -0.2) is 48.5 Å². The summed E-state index contributed by atoms with van der Waals surface area (Å²) < 4.78 is 11.2. The lowest BCUT2D eigenvalue weighted by molar-refractivity contribution is -0.0768. The molecule has 0 saturated carbocycles. The predicted octanol–water partition coefficient (Wildman–Crippen LogP) is 1.91. The van der Waals surface area contributed by atoms with Gasteiger partial charge in [-0.1, -0.05) is 6.07 Å². The van der Waals surface area contributed by atoms with E-state index in [4.69, 9.17) is 9.47 Å². The second-order valence-corrected chi connectivity index (χ2v) is 6.53. The molecule has 114 valence electrons. The van der Waals surface area contributed by atoms with Gasteiger partial charge >= 0.3 is 0 Å². The van der Waals surface area contributed by atoms with E-state index in [1.165, 1.54) is 18.4 Å². The number of likely N-dealkylation sites (tertiary alicyclic amines) is 1. The van der Waals surface area contributed by atoms with Crippen LogP contribution in [0.5, 0.6) is 5.75 Å². The average Bonchev–Trinajstić information content (AvgIpc) is 2.86. The fourth-order valence-electron chi connectivity index (χ4n) is 4.17. The number of hydrogen-bond acceptors (Lipinski definition) is 4. The van der Waals surface area contributed by atoms with Crippen LogP contribution in [0, 0.1) is 0 Å². The minimum absolute atomic E-state index is 0.219. The van der Waals surface area contributed by atoms with Gasteiger partial charge in [0.15, 0.2) is 0 Å². The molecule has 1 aliphatic carbocycles. The first-order valence-electron chi connectivity index (χ1n) is 7.99. The summed E-state index contributed by atoms with van der Waals surface area (Å²) in [5.41, 5.74) is 2.31. The van der Waals surface area contributed by atoms with Crippen LogP contribution in [0.3, 0.4) is 0 Å². The highest BCUT2D eigenvalue weighted by Crippen LogP contribution is 2.37. The van der Waals surface area contributed by atoms with Crippen molar-refractivity contribution in [1.29, 1.82) is 0 Å². The minimum Gasteiger partial charge on any atom is -0.497 e. The van der Waals surface area contributed by atoms with Gasteiger partial charge in [-0.3, -0.25) is 4.90 Å². The zero-order valence-electron chi connectivity index (χ0n) is 12.5. The minimum atomic E-state index is -0.415. The van der Waals surface area contributed by atoms with Gasteiger partial charge in [0.05, 0.1) is 25.4 Å². The largest absolute Gasteiger partial charge is 0.497 e. The number of methoxy groups -OCH3 is 1. The summed E-state index contributed by atoms with van der Waals surface area (Å²) in [6.07, 6.45) is 4.75. The van der Waals surface area contributed by atoms with Crippen LogP contribution in [0.15, 0.2) is 18.2 Å². The standard InChI is InChI=1S/C17H23NO3/c1-20-12-4-2-11-3-7-16(17(19)15(11)8-12)18-9-13-5-6-14(10-18)21-13/h2,4,8,13-14,16-17,19H,3,5-7,9-10H2,1H3. The van der Waals surface area contributed by atoms with Gasteiger partial charge < -0.3 is 14.6 Å². The monoisotopic (exact) mass is 289 g/mol. The molecule has 3 aliphatic rings. The van der Waals surface area contributed by atoms with Crippen LogP contribution in [0.25, 0.3) is 0 Å². The van der Waals surface area contributed by atoms with Crippen molar-refractivity contribution in [3.63, 3.8) is 0 Å². The molecule has 1 aromatic carbocycles. The molecule has 0 amide bonds. The highest BCUT2D eigenvalue weighted by Gasteiger charge is 2.40. The molecule has 4 rings (SSSR count). The molecular weight excluding hydrogens is 266 g/mol. The van der Waals surface area contributed by atoms with Gasteiger partial charge in [0, 0.05) is 19.1 Å². The quantitative estimate of drug-likeness (QED) is 0.903. The predicted molar refractivity (Wildman–Crippen MR) is 79.5 cm³/mol. The van der Waals surface area contributed by atoms with E-state index >= 15 is 0 Å². The molecule has 2 heterocycles. The number of aliphatic hydroxyl groups excluding tert-OH is 1. The fraction of sp³-hybridized carbons (Fsp3) is 0.647. The number of benzene rings is 1. The summed E-state index contributed by atoms with van der Waals surface area (Å²) in [5.74, 6) is 0.829. The number of hydrogen-bond donors (Lipinski definition) is 1. The van der Waals surface area contributed by atoms with Gasteiger partial charge in [-0.15, -0.1) is 0 Å². The van der Waals surface area contributed by atoms with E-state index in [-0.39, 0.29) is 6.04 Å². The molecule has 1 aromatic rings. The number of nitrogens with zero attached hydrogens (tertiary/aromatic N) is 1. The van der Waals surface area contributed by atoms with Crippen molar-refractivity contribution in [1.82, 2.24) is 4.90 Å². The van der Waals surface area contributed by atoms with Crippen molar-refractivity contribution in [2.24, 2.45) is 0 Å². The molecule has 0 spiro atoms. The molecule has 4 unspecified atom stereocenters. The zero-order valence-corrected chi connectivity index (χ0v) is 12.5. The van der Waals surface area contributed by atoms with Crippen molar-refractivity contribution in [3.8, 4) is 5.75 Å². The Hall–Kier alpha value is -1.10. The maximum Gasteiger partial charge on any atom is 0.119 e. The van der Waals surface area contributed by atoms with Crippen LogP contribution >= 0.6 is 0 Å². The van der Waals surface area contributed by atoms with Gasteiger partial charge in [0.25, 0.3) is 0 Å². The Morgan fingerprint density at radius 2 is 1.95 bits per heavy atom. The van der Waals surface area contributed by atoms with Gasteiger partial charge in [-0.2, -0.15) is 0 Å². The number of aliphatic hydroxyl groups is 1. The Bertz CT molecular complexity index is 521. The molecule has 4 heteroatoms. The first-order valence-corrected chi connectivity index (χ1v) is 7.99. The second kappa shape index (κ2) is 5.27. The lowest BCUT2D eigenvalue weighted by atomic mass is 9.84. The Morgan fingerprint density at radius 3 is 2.67 bits per heavy atom. The molecular formula is C17H23NO3. The summed E-state index contributed by atoms with van der Waals surface area (Å²) in [6.45, 7) is 1.94. The highest BCUT2D eigenvalue weighted by molar-refractivity contribution is 5.39. The smallest absolute Gasteiger partial charge is 0.119 e. The normalized spacial score (nSPS) is 35.5. The Kier molecular flexibility index (Phi) is 3.40. The van der Waals surface area contributed by atoms with E-state index < -0.39 is 6.10 Å². The first kappa shape index (κ1) is 13.6. The van der Waals surface area contributed by atoms with Gasteiger partial charge in [-0.05, 0) is 48.9 Å². The van der Waals surface area contributed by atoms with Crippen LogP contribution in [0.1, 0.15) is 36.5 Å². The van der Waals surface area contributed by atoms with Crippen LogP contribution in [0.4, 0.5) is 0 Å². The molecule has 0 radical (unpaired) electrons. The van der Waals surface area contributed by atoms with E-state index in [1.54, 1.807) is 7.11 Å². The van der Waals surface area contributed by atoms with Gasteiger partial charge in [-0.25, -0.2) is 0 Å². The molecule has 1 N–H and O–H groups in total. The van der Waals surface area contributed by atoms with Crippen molar-refractivity contribution < 1.29 is 14.6 Å². The maximum atomic E-state index is 10.8. The van der Waals surface area contributed by atoms with E-state index in [2.05, 4.69) is 11.0 Å². The maximum absolute atomic E-state index is 10.8. The van der Waals surface area contributed by atoms with Crippen molar-refractivity contribution in [3.05, 3.63) is 29.3 Å². The first-order chi connectivity index (χ1) is 10.2. The molecule has 2 bridgehead atoms. The van der Waals surface area contributed by atoms with Crippen molar-refractivity contribution in [2.75, 3.05) is 20.2 Å². The van der Waals surface area contributed by atoms with Gasteiger partial charge in [0.1, 0.15) is 5.75 Å². The lowest BCUT2D eigenvalue weighted by Gasteiger charge is -2.42. The summed E-state index contributed by atoms with van der Waals surface area (Å²) in [5, 5.41) is 10.8. The third-order valence-electron chi connectivity index (χ3n) is 5.29. The topological polar surface area (TPSA) is 41.9 Å². The molecule has 4 atom stereocenters.